The molecule has 13 heavy (non-hydrogen) atoms. The Morgan fingerprint density at radius 2 is 2.00 bits per heavy atom. The third-order valence-corrected chi connectivity index (χ3v) is 2.79. The number of morpholine rings is 1. The third kappa shape index (κ3) is 2.93. The summed E-state index contributed by atoms with van der Waals surface area (Å²) in [7, 11) is 0. The number of hydrogen-bond acceptors (Lipinski definition) is 3. The number of hydrogen-bond donors (Lipinski definition) is 1. The van der Waals surface area contributed by atoms with E-state index in [1.807, 2.05) is 0 Å². The Morgan fingerprint density at radius 1 is 1.38 bits per heavy atom. The molecule has 2 atom stereocenters. The van der Waals surface area contributed by atoms with E-state index in [1.54, 1.807) is 0 Å². The van der Waals surface area contributed by atoms with Crippen LogP contribution in [0.1, 0.15) is 27.7 Å². The van der Waals surface area contributed by atoms with E-state index in [-0.39, 0.29) is 11.6 Å². The van der Waals surface area contributed by atoms with Crippen LogP contribution in [-0.2, 0) is 4.74 Å². The van der Waals surface area contributed by atoms with Gasteiger partial charge in [-0.3, -0.25) is 4.90 Å². The highest BCUT2D eigenvalue weighted by molar-refractivity contribution is 4.84. The van der Waals surface area contributed by atoms with Crippen molar-refractivity contribution in [3.8, 4) is 0 Å². The molecule has 3 nitrogen and oxygen atoms in total. The Labute approximate surface area is 81.2 Å². The molecule has 78 valence electrons. The number of ether oxygens (including phenoxy) is 1. The van der Waals surface area contributed by atoms with Gasteiger partial charge in [0.1, 0.15) is 0 Å². The molecule has 2 unspecified atom stereocenters. The van der Waals surface area contributed by atoms with Crippen molar-refractivity contribution in [1.29, 1.82) is 0 Å². The predicted octanol–water partition coefficient (Wildman–Crippen LogP) is 0.833. The van der Waals surface area contributed by atoms with E-state index in [0.717, 1.165) is 19.7 Å². The van der Waals surface area contributed by atoms with E-state index in [0.29, 0.717) is 6.04 Å². The maximum Gasteiger partial charge on any atom is 0.0753 e. The maximum absolute atomic E-state index is 5.87. The Kier molecular flexibility index (Phi) is 3.33. The summed E-state index contributed by atoms with van der Waals surface area (Å²) >= 11 is 0. The fourth-order valence-electron chi connectivity index (χ4n) is 1.73. The van der Waals surface area contributed by atoms with Gasteiger partial charge in [0.15, 0.2) is 0 Å². The van der Waals surface area contributed by atoms with Crippen LogP contribution in [0.5, 0.6) is 0 Å². The summed E-state index contributed by atoms with van der Waals surface area (Å²) in [6, 6.07) is 0.678. The van der Waals surface area contributed by atoms with Crippen molar-refractivity contribution in [2.45, 2.75) is 45.4 Å². The van der Waals surface area contributed by atoms with E-state index < -0.39 is 0 Å². The normalized spacial score (nSPS) is 28.4. The van der Waals surface area contributed by atoms with E-state index >= 15 is 0 Å². The molecule has 0 radical (unpaired) electrons. The molecule has 1 heterocycles. The van der Waals surface area contributed by atoms with Gasteiger partial charge in [-0.2, -0.15) is 0 Å². The van der Waals surface area contributed by atoms with Crippen molar-refractivity contribution in [3.05, 3.63) is 0 Å². The van der Waals surface area contributed by atoms with Crippen molar-refractivity contribution in [2.24, 2.45) is 5.73 Å². The first-order chi connectivity index (χ1) is 5.92. The molecule has 1 saturated heterocycles. The summed E-state index contributed by atoms with van der Waals surface area (Å²) in [5.41, 5.74) is 5.86. The van der Waals surface area contributed by atoms with Gasteiger partial charge < -0.3 is 10.5 Å². The Hall–Kier alpha value is -0.120. The van der Waals surface area contributed by atoms with E-state index in [4.69, 9.17) is 10.5 Å². The lowest BCUT2D eigenvalue weighted by atomic mass is 10.0. The highest BCUT2D eigenvalue weighted by Crippen LogP contribution is 2.18. The highest BCUT2D eigenvalue weighted by Gasteiger charge is 2.30. The molecule has 0 aromatic heterocycles. The SMILES string of the molecule is CC(N)C(C)N1CCOC(C)(C)C1. The fourth-order valence-corrected chi connectivity index (χ4v) is 1.73. The minimum absolute atomic E-state index is 0.0125. The number of rotatable bonds is 2. The lowest BCUT2D eigenvalue weighted by Crippen LogP contribution is -2.55. The highest BCUT2D eigenvalue weighted by atomic mass is 16.5. The molecule has 0 aromatic rings. The topological polar surface area (TPSA) is 38.5 Å². The summed E-state index contributed by atoms with van der Waals surface area (Å²) in [5, 5.41) is 0. The molecule has 1 aliphatic heterocycles. The number of nitrogens with two attached hydrogens (primary N) is 1. The van der Waals surface area contributed by atoms with Crippen LogP contribution in [0.2, 0.25) is 0 Å². The lowest BCUT2D eigenvalue weighted by Gasteiger charge is -2.42. The molecule has 0 aromatic carbocycles. The van der Waals surface area contributed by atoms with Gasteiger partial charge in [0.2, 0.25) is 0 Å². The monoisotopic (exact) mass is 186 g/mol. The Balaban J connectivity index is 2.51. The molecule has 0 amide bonds. The maximum atomic E-state index is 5.87. The van der Waals surface area contributed by atoms with Crippen molar-refractivity contribution in [1.82, 2.24) is 4.90 Å². The molecular weight excluding hydrogens is 164 g/mol. The Morgan fingerprint density at radius 3 is 2.46 bits per heavy atom. The molecule has 1 fully saturated rings. The summed E-state index contributed by atoms with van der Waals surface area (Å²) < 4.78 is 5.64. The molecule has 1 aliphatic rings. The average molecular weight is 186 g/mol. The minimum Gasteiger partial charge on any atom is -0.373 e. The van der Waals surface area contributed by atoms with E-state index in [2.05, 4.69) is 32.6 Å². The fraction of sp³-hybridized carbons (Fsp3) is 1.00. The molecule has 0 spiro atoms. The third-order valence-electron chi connectivity index (χ3n) is 2.79. The van der Waals surface area contributed by atoms with Gasteiger partial charge in [-0.1, -0.05) is 0 Å². The van der Waals surface area contributed by atoms with Gasteiger partial charge in [-0.15, -0.1) is 0 Å². The van der Waals surface area contributed by atoms with Crippen molar-refractivity contribution in [2.75, 3.05) is 19.7 Å². The Bertz CT molecular complexity index is 168. The summed E-state index contributed by atoms with van der Waals surface area (Å²) in [6.07, 6.45) is 0. The molecule has 0 aliphatic carbocycles. The zero-order valence-electron chi connectivity index (χ0n) is 9.21. The first kappa shape index (κ1) is 11.0. The second-order valence-corrected chi connectivity index (χ2v) is 4.68. The first-order valence-electron chi connectivity index (χ1n) is 5.06. The second-order valence-electron chi connectivity index (χ2n) is 4.68. The van der Waals surface area contributed by atoms with Gasteiger partial charge >= 0.3 is 0 Å². The van der Waals surface area contributed by atoms with Gasteiger partial charge in [-0.05, 0) is 27.7 Å². The van der Waals surface area contributed by atoms with Crippen LogP contribution < -0.4 is 5.73 Å². The van der Waals surface area contributed by atoms with Crippen LogP contribution in [0.25, 0.3) is 0 Å². The molecule has 0 saturated carbocycles. The van der Waals surface area contributed by atoms with Gasteiger partial charge in [0.05, 0.1) is 12.2 Å². The van der Waals surface area contributed by atoms with Gasteiger partial charge in [-0.25, -0.2) is 0 Å². The van der Waals surface area contributed by atoms with Gasteiger partial charge in [0, 0.05) is 25.2 Å². The summed E-state index contributed by atoms with van der Waals surface area (Å²) in [4.78, 5) is 2.41. The summed E-state index contributed by atoms with van der Waals surface area (Å²) in [6.45, 7) is 11.3. The summed E-state index contributed by atoms with van der Waals surface area (Å²) in [5.74, 6) is 0. The predicted molar refractivity (Wildman–Crippen MR) is 54.7 cm³/mol. The van der Waals surface area contributed by atoms with Gasteiger partial charge in [0.25, 0.3) is 0 Å². The van der Waals surface area contributed by atoms with Crippen LogP contribution in [0.15, 0.2) is 0 Å². The smallest absolute Gasteiger partial charge is 0.0753 e. The first-order valence-corrected chi connectivity index (χ1v) is 5.06. The molecule has 1 rings (SSSR count). The van der Waals surface area contributed by atoms with Crippen LogP contribution in [0, 0.1) is 0 Å². The number of nitrogens with zero attached hydrogens (tertiary/aromatic N) is 1. The zero-order valence-corrected chi connectivity index (χ0v) is 9.21. The average Bonchev–Trinajstić information content (AvgIpc) is 2.01. The molecular formula is C10H22N2O. The van der Waals surface area contributed by atoms with Crippen LogP contribution in [0.3, 0.4) is 0 Å². The van der Waals surface area contributed by atoms with Crippen LogP contribution in [-0.4, -0.2) is 42.3 Å². The molecule has 0 bridgehead atoms. The standard InChI is InChI=1S/C10H22N2O/c1-8(11)9(2)12-5-6-13-10(3,4)7-12/h8-9H,5-7,11H2,1-4H3. The van der Waals surface area contributed by atoms with E-state index in [1.165, 1.54) is 0 Å². The second kappa shape index (κ2) is 3.95. The lowest BCUT2D eigenvalue weighted by molar-refractivity contribution is -0.0969. The molecule has 2 N–H and O–H groups in total. The minimum atomic E-state index is -0.0125. The van der Waals surface area contributed by atoms with Crippen LogP contribution in [0.4, 0.5) is 0 Å². The quantitative estimate of drug-likeness (QED) is 0.694. The van der Waals surface area contributed by atoms with Crippen molar-refractivity contribution >= 4 is 0 Å². The zero-order chi connectivity index (χ0) is 10.1. The van der Waals surface area contributed by atoms with Crippen molar-refractivity contribution in [3.63, 3.8) is 0 Å². The van der Waals surface area contributed by atoms with E-state index in [9.17, 15) is 0 Å². The van der Waals surface area contributed by atoms with Crippen LogP contribution >= 0.6 is 0 Å². The van der Waals surface area contributed by atoms with Crippen molar-refractivity contribution < 1.29 is 4.74 Å². The molecule has 3 heteroatoms. The largest absolute Gasteiger partial charge is 0.373 e.